The summed E-state index contributed by atoms with van der Waals surface area (Å²) in [5.74, 6) is 2.83. The maximum absolute atomic E-state index is 4.91. The topological polar surface area (TPSA) is 44.3 Å². The molecular formula is C23H27N5S. The smallest absolute Gasteiger partial charge is 0.227 e. The zero-order valence-electron chi connectivity index (χ0n) is 16.7. The molecule has 0 saturated carbocycles. The van der Waals surface area contributed by atoms with Gasteiger partial charge in [-0.3, -0.25) is 0 Å². The first-order chi connectivity index (χ1) is 14.4. The van der Waals surface area contributed by atoms with Crippen LogP contribution in [0.5, 0.6) is 0 Å². The molecule has 3 aromatic rings. The van der Waals surface area contributed by atoms with Crippen LogP contribution in [0.1, 0.15) is 24.8 Å². The van der Waals surface area contributed by atoms with Crippen LogP contribution < -0.4 is 14.5 Å². The largest absolute Gasteiger partial charge is 0.368 e. The molecule has 0 atom stereocenters. The quantitative estimate of drug-likeness (QED) is 0.472. The Hall–Kier alpha value is -2.47. The third kappa shape index (κ3) is 3.99. The SMILES string of the molecule is c1ccc2c(c1)CCN2SCCNc1nc(N2CCCCC2)nc2ccccc12. The van der Waals surface area contributed by atoms with Gasteiger partial charge in [-0.05, 0) is 61.4 Å². The molecule has 6 heteroatoms. The lowest BCUT2D eigenvalue weighted by Gasteiger charge is -2.27. The molecule has 150 valence electrons. The van der Waals surface area contributed by atoms with Crippen LogP contribution in [0.4, 0.5) is 17.5 Å². The first-order valence-corrected chi connectivity index (χ1v) is 11.6. The zero-order valence-corrected chi connectivity index (χ0v) is 17.5. The fraction of sp³-hybridized carbons (Fsp3) is 0.391. The van der Waals surface area contributed by atoms with E-state index in [1.54, 1.807) is 0 Å². The number of aromatic nitrogens is 2. The second kappa shape index (κ2) is 8.49. The van der Waals surface area contributed by atoms with E-state index in [2.05, 4.69) is 63.1 Å². The van der Waals surface area contributed by atoms with Gasteiger partial charge in [0.15, 0.2) is 0 Å². The molecule has 1 N–H and O–H groups in total. The van der Waals surface area contributed by atoms with E-state index >= 15 is 0 Å². The lowest BCUT2D eigenvalue weighted by Crippen LogP contribution is -2.31. The summed E-state index contributed by atoms with van der Waals surface area (Å²) in [6, 6.07) is 17.1. The maximum Gasteiger partial charge on any atom is 0.227 e. The fourth-order valence-corrected chi connectivity index (χ4v) is 5.15. The molecule has 0 amide bonds. The van der Waals surface area contributed by atoms with Crippen molar-refractivity contribution >= 4 is 40.3 Å². The summed E-state index contributed by atoms with van der Waals surface area (Å²) in [5.41, 5.74) is 3.85. The molecule has 0 unspecified atom stereocenters. The minimum absolute atomic E-state index is 0.868. The van der Waals surface area contributed by atoms with Gasteiger partial charge in [0.2, 0.25) is 5.95 Å². The lowest BCUT2D eigenvalue weighted by molar-refractivity contribution is 0.569. The average Bonchev–Trinajstić information content (AvgIpc) is 3.20. The Kier molecular flexibility index (Phi) is 5.43. The zero-order chi connectivity index (χ0) is 19.5. The highest BCUT2D eigenvalue weighted by atomic mass is 32.2. The molecule has 5 nitrogen and oxygen atoms in total. The van der Waals surface area contributed by atoms with E-state index in [0.717, 1.165) is 61.0 Å². The highest BCUT2D eigenvalue weighted by Crippen LogP contribution is 2.32. The second-order valence-corrected chi connectivity index (χ2v) is 8.79. The van der Waals surface area contributed by atoms with E-state index in [9.17, 15) is 0 Å². The average molecular weight is 406 g/mol. The van der Waals surface area contributed by atoms with Gasteiger partial charge < -0.3 is 14.5 Å². The van der Waals surface area contributed by atoms with E-state index in [0.29, 0.717) is 0 Å². The summed E-state index contributed by atoms with van der Waals surface area (Å²) in [4.78, 5) is 12.1. The van der Waals surface area contributed by atoms with Crippen molar-refractivity contribution in [3.05, 3.63) is 54.1 Å². The third-order valence-electron chi connectivity index (χ3n) is 5.72. The van der Waals surface area contributed by atoms with E-state index in [1.165, 1.54) is 30.5 Å². The van der Waals surface area contributed by atoms with Gasteiger partial charge in [-0.1, -0.05) is 30.3 Å². The van der Waals surface area contributed by atoms with Crippen LogP contribution in [-0.4, -0.2) is 41.9 Å². The number of nitrogens with one attached hydrogen (secondary N) is 1. The lowest BCUT2D eigenvalue weighted by atomic mass is 10.1. The minimum Gasteiger partial charge on any atom is -0.368 e. The number of benzene rings is 2. The summed E-state index contributed by atoms with van der Waals surface area (Å²) in [6.07, 6.45) is 4.91. The molecule has 1 saturated heterocycles. The van der Waals surface area contributed by atoms with Crippen molar-refractivity contribution in [1.29, 1.82) is 0 Å². The van der Waals surface area contributed by atoms with E-state index in [-0.39, 0.29) is 0 Å². The number of anilines is 3. The van der Waals surface area contributed by atoms with E-state index in [1.807, 2.05) is 11.9 Å². The fourth-order valence-electron chi connectivity index (χ4n) is 4.20. The summed E-state index contributed by atoms with van der Waals surface area (Å²) < 4.78 is 2.42. The Bertz CT molecular complexity index is 986. The molecule has 1 aromatic heterocycles. The molecule has 2 aromatic carbocycles. The van der Waals surface area contributed by atoms with Gasteiger partial charge in [0, 0.05) is 37.3 Å². The molecule has 0 bridgehead atoms. The van der Waals surface area contributed by atoms with Crippen LogP contribution in [0.2, 0.25) is 0 Å². The number of hydrogen-bond donors (Lipinski definition) is 1. The van der Waals surface area contributed by atoms with E-state index < -0.39 is 0 Å². The van der Waals surface area contributed by atoms with E-state index in [4.69, 9.17) is 9.97 Å². The first kappa shape index (κ1) is 18.6. The highest BCUT2D eigenvalue weighted by molar-refractivity contribution is 8.00. The molecule has 0 aliphatic carbocycles. The minimum atomic E-state index is 0.868. The van der Waals surface area contributed by atoms with Crippen molar-refractivity contribution < 1.29 is 0 Å². The van der Waals surface area contributed by atoms with Gasteiger partial charge in [0.25, 0.3) is 0 Å². The van der Waals surface area contributed by atoms with Crippen molar-refractivity contribution in [3.8, 4) is 0 Å². The predicted octanol–water partition coefficient (Wildman–Crippen LogP) is 4.74. The number of piperidine rings is 1. The molecule has 1 fully saturated rings. The Balaban J connectivity index is 1.27. The standard InChI is InChI=1S/C23H27N5S/c1-6-14-27(15-7-1)23-25-20-10-4-3-9-19(20)22(26-23)24-13-17-29-28-16-12-18-8-2-5-11-21(18)28/h2-5,8-11H,1,6-7,12-17H2,(H,24,25,26). The highest BCUT2D eigenvalue weighted by Gasteiger charge is 2.19. The van der Waals surface area contributed by atoms with Gasteiger partial charge in [0.1, 0.15) is 5.82 Å². The molecule has 5 rings (SSSR count). The van der Waals surface area contributed by atoms with Crippen molar-refractivity contribution in [2.24, 2.45) is 0 Å². The number of para-hydroxylation sites is 2. The molecule has 3 heterocycles. The summed E-state index contributed by atoms with van der Waals surface area (Å²) in [5, 5.41) is 4.69. The van der Waals surface area contributed by atoms with Gasteiger partial charge in [-0.25, -0.2) is 4.98 Å². The third-order valence-corrected chi connectivity index (χ3v) is 6.79. The molecule has 29 heavy (non-hydrogen) atoms. The number of hydrogen-bond acceptors (Lipinski definition) is 6. The van der Waals surface area contributed by atoms with Crippen molar-refractivity contribution in [2.45, 2.75) is 25.7 Å². The molecule has 0 radical (unpaired) electrons. The monoisotopic (exact) mass is 405 g/mol. The number of fused-ring (bicyclic) bond motifs is 2. The molecule has 2 aliphatic rings. The Labute approximate surface area is 176 Å². The van der Waals surface area contributed by atoms with Gasteiger partial charge in [-0.2, -0.15) is 4.98 Å². The van der Waals surface area contributed by atoms with Crippen molar-refractivity contribution in [1.82, 2.24) is 9.97 Å². The Morgan fingerprint density at radius 3 is 2.66 bits per heavy atom. The van der Waals surface area contributed by atoms with Crippen LogP contribution in [0.3, 0.4) is 0 Å². The Morgan fingerprint density at radius 1 is 0.897 bits per heavy atom. The van der Waals surface area contributed by atoms with Crippen LogP contribution in [0.25, 0.3) is 10.9 Å². The first-order valence-electron chi connectivity index (χ1n) is 10.6. The van der Waals surface area contributed by atoms with Crippen molar-refractivity contribution in [3.63, 3.8) is 0 Å². The normalized spacial score (nSPS) is 16.3. The van der Waals surface area contributed by atoms with Gasteiger partial charge in [0.05, 0.1) is 11.2 Å². The maximum atomic E-state index is 4.91. The summed E-state index contributed by atoms with van der Waals surface area (Å²) in [7, 11) is 0. The summed E-state index contributed by atoms with van der Waals surface area (Å²) in [6.45, 7) is 4.09. The summed E-state index contributed by atoms with van der Waals surface area (Å²) >= 11 is 1.90. The van der Waals surface area contributed by atoms with Crippen molar-refractivity contribution in [2.75, 3.05) is 46.5 Å². The number of rotatable bonds is 6. The molecular weight excluding hydrogens is 378 g/mol. The number of nitrogens with zero attached hydrogens (tertiary/aromatic N) is 4. The van der Waals surface area contributed by atoms with Crippen LogP contribution in [0, 0.1) is 0 Å². The predicted molar refractivity (Wildman–Crippen MR) is 124 cm³/mol. The van der Waals surface area contributed by atoms with Crippen LogP contribution >= 0.6 is 11.9 Å². The molecule has 2 aliphatic heterocycles. The Morgan fingerprint density at radius 2 is 1.72 bits per heavy atom. The van der Waals surface area contributed by atoms with Crippen LogP contribution in [0.15, 0.2) is 48.5 Å². The van der Waals surface area contributed by atoms with Gasteiger partial charge >= 0.3 is 0 Å². The van der Waals surface area contributed by atoms with Crippen LogP contribution in [-0.2, 0) is 6.42 Å². The van der Waals surface area contributed by atoms with Gasteiger partial charge in [-0.15, -0.1) is 0 Å². The second-order valence-electron chi connectivity index (χ2n) is 7.68. The molecule has 0 spiro atoms.